The Hall–Kier alpha value is -2.21. The van der Waals surface area contributed by atoms with Crippen LogP contribution in [0.3, 0.4) is 0 Å². The normalized spacial score (nSPS) is 26.7. The average molecular weight is 536 g/mol. The van der Waals surface area contributed by atoms with Crippen LogP contribution in [0.5, 0.6) is 0 Å². The van der Waals surface area contributed by atoms with E-state index in [1.165, 1.54) is 19.1 Å². The summed E-state index contributed by atoms with van der Waals surface area (Å²) in [4.78, 5) is 2.12. The number of nitrogens with zero attached hydrogens (tertiary/aromatic N) is 1. The summed E-state index contributed by atoms with van der Waals surface area (Å²) in [6.45, 7) is 3.55. The van der Waals surface area contributed by atoms with E-state index >= 15 is 0 Å². The first-order valence-corrected chi connectivity index (χ1v) is 11.9. The third-order valence-electron chi connectivity index (χ3n) is 6.93. The fraction of sp³-hybridized carbons (Fsp3) is 0.538. The Bertz CT molecular complexity index is 1030. The first kappa shape index (κ1) is 27.8. The minimum atomic E-state index is -4.97. The molecule has 3 unspecified atom stereocenters. The number of benzene rings is 2. The van der Waals surface area contributed by atoms with Gasteiger partial charge in [0.1, 0.15) is 5.82 Å². The maximum atomic E-state index is 13.7. The highest BCUT2D eigenvalue weighted by molar-refractivity contribution is 5.35. The summed E-state index contributed by atoms with van der Waals surface area (Å²) in [5, 5.41) is 0. The number of hydrogen-bond donors (Lipinski definition) is 0. The minimum Gasteiger partial charge on any atom is -0.375 e. The standard InChI is InChI=1S/C26H28F7NO3/c1-15(17-11-18(25(28,29)30)13-19(12-17)26(31,32)33)37-24-23(16-3-5-20(27)6-4-16)21(7-9-36-24)22-14-34(2)8-10-35-22/h3-6,11-13,15,21-24H,7-10,14H2,1-2H3/t15?,21-,22?,23-,24?/m0/s1. The lowest BCUT2D eigenvalue weighted by molar-refractivity contribution is -0.223. The van der Waals surface area contributed by atoms with Gasteiger partial charge in [-0.3, -0.25) is 0 Å². The first-order chi connectivity index (χ1) is 17.3. The quantitative estimate of drug-likeness (QED) is 0.414. The molecule has 4 rings (SSSR count). The van der Waals surface area contributed by atoms with Crippen molar-refractivity contribution in [2.75, 3.05) is 33.4 Å². The monoisotopic (exact) mass is 535 g/mol. The molecule has 4 nitrogen and oxygen atoms in total. The SMILES string of the molecule is CC(OC1OCC[C@@H](C2CN(C)CCO2)[C@@H]1c1ccc(F)cc1)c1cc(C(F)(F)F)cc(C(F)(F)F)c1. The Kier molecular flexibility index (Phi) is 8.18. The smallest absolute Gasteiger partial charge is 0.375 e. The zero-order chi connectivity index (χ0) is 27.0. The van der Waals surface area contributed by atoms with E-state index in [2.05, 4.69) is 4.90 Å². The van der Waals surface area contributed by atoms with Gasteiger partial charge in [0, 0.05) is 24.9 Å². The van der Waals surface area contributed by atoms with E-state index in [0.29, 0.717) is 37.3 Å². The van der Waals surface area contributed by atoms with Gasteiger partial charge in [-0.2, -0.15) is 26.3 Å². The molecule has 2 saturated heterocycles. The summed E-state index contributed by atoms with van der Waals surface area (Å²) in [6.07, 6.45) is -11.7. The van der Waals surface area contributed by atoms with Crippen LogP contribution in [-0.2, 0) is 26.6 Å². The molecule has 0 spiro atoms. The van der Waals surface area contributed by atoms with E-state index in [4.69, 9.17) is 14.2 Å². The molecule has 0 radical (unpaired) electrons. The second-order valence-corrected chi connectivity index (χ2v) is 9.56. The molecule has 0 saturated carbocycles. The Morgan fingerprint density at radius 3 is 2.11 bits per heavy atom. The highest BCUT2D eigenvalue weighted by atomic mass is 19.4. The topological polar surface area (TPSA) is 30.9 Å². The van der Waals surface area contributed by atoms with Gasteiger partial charge in [-0.05, 0) is 61.9 Å². The molecule has 2 heterocycles. The minimum absolute atomic E-state index is 0.0849. The molecule has 37 heavy (non-hydrogen) atoms. The van der Waals surface area contributed by atoms with E-state index in [0.717, 1.165) is 6.54 Å². The van der Waals surface area contributed by atoms with Crippen molar-refractivity contribution in [3.63, 3.8) is 0 Å². The van der Waals surface area contributed by atoms with Crippen molar-refractivity contribution in [2.24, 2.45) is 5.92 Å². The number of alkyl halides is 6. The van der Waals surface area contributed by atoms with Gasteiger partial charge in [-0.1, -0.05) is 12.1 Å². The Morgan fingerprint density at radius 1 is 0.919 bits per heavy atom. The van der Waals surface area contributed by atoms with Gasteiger partial charge in [0.2, 0.25) is 0 Å². The molecule has 0 N–H and O–H groups in total. The van der Waals surface area contributed by atoms with Gasteiger partial charge in [0.15, 0.2) is 6.29 Å². The van der Waals surface area contributed by atoms with Crippen LogP contribution < -0.4 is 0 Å². The third kappa shape index (κ3) is 6.63. The summed E-state index contributed by atoms with van der Waals surface area (Å²) < 4.78 is 112. The summed E-state index contributed by atoms with van der Waals surface area (Å²) in [5.74, 6) is -1.06. The summed E-state index contributed by atoms with van der Waals surface area (Å²) >= 11 is 0. The molecular weight excluding hydrogens is 507 g/mol. The third-order valence-corrected chi connectivity index (χ3v) is 6.93. The maximum Gasteiger partial charge on any atom is 0.416 e. The number of hydrogen-bond acceptors (Lipinski definition) is 4. The molecule has 2 aromatic carbocycles. The predicted molar refractivity (Wildman–Crippen MR) is 120 cm³/mol. The van der Waals surface area contributed by atoms with E-state index < -0.39 is 47.6 Å². The van der Waals surface area contributed by atoms with Crippen molar-refractivity contribution in [3.05, 3.63) is 70.5 Å². The van der Waals surface area contributed by atoms with Gasteiger partial charge in [0.05, 0.1) is 36.5 Å². The Morgan fingerprint density at radius 2 is 1.54 bits per heavy atom. The van der Waals surface area contributed by atoms with Gasteiger partial charge >= 0.3 is 12.4 Å². The molecule has 204 valence electrons. The number of morpholine rings is 1. The van der Waals surface area contributed by atoms with Crippen LogP contribution in [0, 0.1) is 11.7 Å². The average Bonchev–Trinajstić information content (AvgIpc) is 2.83. The molecule has 0 amide bonds. The first-order valence-electron chi connectivity index (χ1n) is 11.9. The van der Waals surface area contributed by atoms with E-state index in [-0.39, 0.29) is 30.3 Å². The van der Waals surface area contributed by atoms with Gasteiger partial charge < -0.3 is 19.1 Å². The highest BCUT2D eigenvalue weighted by Crippen LogP contribution is 2.43. The van der Waals surface area contributed by atoms with Gasteiger partial charge in [-0.25, -0.2) is 4.39 Å². The zero-order valence-corrected chi connectivity index (χ0v) is 20.3. The second-order valence-electron chi connectivity index (χ2n) is 9.56. The van der Waals surface area contributed by atoms with Crippen LogP contribution in [0.15, 0.2) is 42.5 Å². The van der Waals surface area contributed by atoms with Crippen molar-refractivity contribution in [1.29, 1.82) is 0 Å². The molecule has 2 fully saturated rings. The largest absolute Gasteiger partial charge is 0.416 e. The number of ether oxygens (including phenoxy) is 3. The Labute approximate surface area is 210 Å². The lowest BCUT2D eigenvalue weighted by Crippen LogP contribution is -2.49. The highest BCUT2D eigenvalue weighted by Gasteiger charge is 2.43. The zero-order valence-electron chi connectivity index (χ0n) is 20.3. The number of halogens is 7. The predicted octanol–water partition coefficient (Wildman–Crippen LogP) is 6.42. The second kappa shape index (κ2) is 10.9. The molecule has 0 aliphatic carbocycles. The lowest BCUT2D eigenvalue weighted by Gasteiger charge is -2.44. The molecule has 2 aromatic rings. The summed E-state index contributed by atoms with van der Waals surface area (Å²) in [7, 11) is 1.96. The van der Waals surface area contributed by atoms with Crippen LogP contribution in [0.1, 0.15) is 47.6 Å². The molecule has 5 atom stereocenters. The van der Waals surface area contributed by atoms with Crippen LogP contribution in [-0.4, -0.2) is 50.6 Å². The Balaban J connectivity index is 1.66. The van der Waals surface area contributed by atoms with Crippen LogP contribution in [0.2, 0.25) is 0 Å². The fourth-order valence-corrected chi connectivity index (χ4v) is 5.00. The summed E-state index contributed by atoms with van der Waals surface area (Å²) in [6, 6.07) is 7.15. The van der Waals surface area contributed by atoms with Crippen molar-refractivity contribution in [3.8, 4) is 0 Å². The van der Waals surface area contributed by atoms with Crippen molar-refractivity contribution >= 4 is 0 Å². The lowest BCUT2D eigenvalue weighted by atomic mass is 9.78. The molecule has 2 aliphatic heterocycles. The van der Waals surface area contributed by atoms with Crippen molar-refractivity contribution in [2.45, 2.75) is 50.1 Å². The molecule has 11 heteroatoms. The fourth-order valence-electron chi connectivity index (χ4n) is 5.00. The van der Waals surface area contributed by atoms with Crippen LogP contribution in [0.4, 0.5) is 30.7 Å². The van der Waals surface area contributed by atoms with Gasteiger partial charge in [-0.15, -0.1) is 0 Å². The van der Waals surface area contributed by atoms with E-state index in [1.807, 2.05) is 7.05 Å². The molecule has 0 bridgehead atoms. The van der Waals surface area contributed by atoms with Crippen molar-refractivity contribution < 1.29 is 44.9 Å². The van der Waals surface area contributed by atoms with Crippen LogP contribution >= 0.6 is 0 Å². The van der Waals surface area contributed by atoms with Gasteiger partial charge in [0.25, 0.3) is 0 Å². The van der Waals surface area contributed by atoms with E-state index in [9.17, 15) is 30.7 Å². The van der Waals surface area contributed by atoms with Crippen molar-refractivity contribution in [1.82, 2.24) is 4.90 Å². The maximum absolute atomic E-state index is 13.7. The molecular formula is C26H28F7NO3. The summed E-state index contributed by atoms with van der Waals surface area (Å²) in [5.41, 5.74) is -2.42. The molecule has 2 aliphatic rings. The number of likely N-dealkylation sites (N-methyl/N-ethyl adjacent to an activating group) is 1. The van der Waals surface area contributed by atoms with E-state index in [1.54, 1.807) is 12.1 Å². The van der Waals surface area contributed by atoms with Crippen LogP contribution in [0.25, 0.3) is 0 Å². The molecule has 0 aromatic heterocycles. The number of rotatable bonds is 5.